The van der Waals surface area contributed by atoms with Crippen molar-refractivity contribution >= 4 is 5.71 Å². The Morgan fingerprint density at radius 2 is 2.00 bits per heavy atom. The summed E-state index contributed by atoms with van der Waals surface area (Å²) >= 11 is 0. The quantitative estimate of drug-likeness (QED) is 0.529. The standard InChI is InChI=1S/C7H11N.C2H6/c1-6(2)7-4-3-5-8-7;1-2/h3,5-6H,4H2,1-2H3;1-2H3. The van der Waals surface area contributed by atoms with Crippen LogP contribution in [0.1, 0.15) is 34.1 Å². The molecule has 1 nitrogen and oxygen atoms in total. The molecule has 10 heavy (non-hydrogen) atoms. The smallest absolute Gasteiger partial charge is 0.0242 e. The molecule has 0 aromatic heterocycles. The Balaban J connectivity index is 0.000000371. The first kappa shape index (κ1) is 9.41. The van der Waals surface area contributed by atoms with Crippen molar-refractivity contribution in [3.05, 3.63) is 12.3 Å². The SMILES string of the molecule is CC.CC(C)C1=NC=CC1. The van der Waals surface area contributed by atoms with Gasteiger partial charge in [-0.2, -0.15) is 0 Å². The van der Waals surface area contributed by atoms with Gasteiger partial charge < -0.3 is 0 Å². The van der Waals surface area contributed by atoms with Gasteiger partial charge >= 0.3 is 0 Å². The zero-order valence-electron chi connectivity index (χ0n) is 7.39. The molecule has 0 spiro atoms. The summed E-state index contributed by atoms with van der Waals surface area (Å²) < 4.78 is 0. The van der Waals surface area contributed by atoms with Crippen molar-refractivity contribution in [2.24, 2.45) is 10.9 Å². The summed E-state index contributed by atoms with van der Waals surface area (Å²) in [5.74, 6) is 0.630. The van der Waals surface area contributed by atoms with Crippen molar-refractivity contribution in [2.75, 3.05) is 0 Å². The highest BCUT2D eigenvalue weighted by Gasteiger charge is 2.04. The van der Waals surface area contributed by atoms with Gasteiger partial charge in [-0.1, -0.05) is 33.8 Å². The minimum Gasteiger partial charge on any atom is -0.265 e. The summed E-state index contributed by atoms with van der Waals surface area (Å²) in [4.78, 5) is 4.17. The second-order valence-corrected chi connectivity index (χ2v) is 2.36. The van der Waals surface area contributed by atoms with Gasteiger partial charge in [0.15, 0.2) is 0 Å². The van der Waals surface area contributed by atoms with E-state index >= 15 is 0 Å². The topological polar surface area (TPSA) is 12.4 Å². The summed E-state index contributed by atoms with van der Waals surface area (Å²) in [6.07, 6.45) is 5.04. The summed E-state index contributed by atoms with van der Waals surface area (Å²) in [5, 5.41) is 0. The fraction of sp³-hybridized carbons (Fsp3) is 0.667. The molecule has 0 atom stereocenters. The van der Waals surface area contributed by atoms with E-state index in [4.69, 9.17) is 0 Å². The lowest BCUT2D eigenvalue weighted by Gasteiger charge is -2.00. The lowest BCUT2D eigenvalue weighted by atomic mass is 10.1. The number of aliphatic imine (C=N–C) groups is 1. The number of hydrogen-bond donors (Lipinski definition) is 0. The summed E-state index contributed by atoms with van der Waals surface area (Å²) in [5.41, 5.74) is 1.31. The highest BCUT2D eigenvalue weighted by Crippen LogP contribution is 2.07. The Kier molecular flexibility index (Phi) is 4.91. The second kappa shape index (κ2) is 5.21. The van der Waals surface area contributed by atoms with Crippen molar-refractivity contribution in [1.82, 2.24) is 0 Å². The van der Waals surface area contributed by atoms with Crippen LogP contribution in [0.5, 0.6) is 0 Å². The van der Waals surface area contributed by atoms with Gasteiger partial charge in [0.05, 0.1) is 0 Å². The van der Waals surface area contributed by atoms with Gasteiger partial charge in [0.1, 0.15) is 0 Å². The van der Waals surface area contributed by atoms with Gasteiger partial charge in [-0.3, -0.25) is 4.99 Å². The molecule has 1 heterocycles. The first-order valence-corrected chi connectivity index (χ1v) is 4.02. The van der Waals surface area contributed by atoms with Crippen molar-refractivity contribution in [3.63, 3.8) is 0 Å². The van der Waals surface area contributed by atoms with Crippen LogP contribution in [0.25, 0.3) is 0 Å². The van der Waals surface area contributed by atoms with Gasteiger partial charge in [0.2, 0.25) is 0 Å². The third kappa shape index (κ3) is 2.81. The van der Waals surface area contributed by atoms with E-state index in [1.807, 2.05) is 20.0 Å². The Hall–Kier alpha value is -0.590. The highest BCUT2D eigenvalue weighted by atomic mass is 14.7. The number of allylic oxidation sites excluding steroid dienone is 1. The lowest BCUT2D eigenvalue weighted by Crippen LogP contribution is -2.02. The summed E-state index contributed by atoms with van der Waals surface area (Å²) in [6.45, 7) is 8.34. The molecule has 1 heteroatoms. The molecule has 0 saturated carbocycles. The molecule has 1 aliphatic rings. The summed E-state index contributed by atoms with van der Waals surface area (Å²) in [7, 11) is 0. The summed E-state index contributed by atoms with van der Waals surface area (Å²) in [6, 6.07) is 0. The monoisotopic (exact) mass is 139 g/mol. The Labute approximate surface area is 63.9 Å². The van der Waals surface area contributed by atoms with Crippen LogP contribution < -0.4 is 0 Å². The number of hydrogen-bond acceptors (Lipinski definition) is 1. The predicted molar refractivity (Wildman–Crippen MR) is 47.4 cm³/mol. The van der Waals surface area contributed by atoms with Crippen LogP contribution in [-0.4, -0.2) is 5.71 Å². The Morgan fingerprint density at radius 3 is 2.20 bits per heavy atom. The maximum absolute atomic E-state index is 4.17. The van der Waals surface area contributed by atoms with Crippen molar-refractivity contribution in [1.29, 1.82) is 0 Å². The molecule has 0 aliphatic carbocycles. The highest BCUT2D eigenvalue weighted by molar-refractivity contribution is 5.89. The minimum absolute atomic E-state index is 0.630. The molecule has 1 aliphatic heterocycles. The van der Waals surface area contributed by atoms with E-state index in [0.29, 0.717) is 5.92 Å². The maximum atomic E-state index is 4.17. The van der Waals surface area contributed by atoms with E-state index in [1.54, 1.807) is 0 Å². The molecule has 0 fully saturated rings. The van der Waals surface area contributed by atoms with E-state index < -0.39 is 0 Å². The number of rotatable bonds is 1. The molecule has 0 amide bonds. The minimum atomic E-state index is 0.630. The third-order valence-corrected chi connectivity index (χ3v) is 1.34. The molecule has 1 rings (SSSR count). The second-order valence-electron chi connectivity index (χ2n) is 2.36. The zero-order valence-corrected chi connectivity index (χ0v) is 7.39. The van der Waals surface area contributed by atoms with Gasteiger partial charge in [-0.25, -0.2) is 0 Å². The largest absolute Gasteiger partial charge is 0.265 e. The Morgan fingerprint density at radius 1 is 1.40 bits per heavy atom. The molecule has 0 bridgehead atoms. The molecular weight excluding hydrogens is 122 g/mol. The van der Waals surface area contributed by atoms with E-state index in [9.17, 15) is 0 Å². The molecule has 0 aromatic carbocycles. The first-order valence-electron chi connectivity index (χ1n) is 4.02. The van der Waals surface area contributed by atoms with Crippen LogP contribution in [0.4, 0.5) is 0 Å². The predicted octanol–water partition coefficient (Wildman–Crippen LogP) is 3.03. The van der Waals surface area contributed by atoms with Gasteiger partial charge in [-0.15, -0.1) is 0 Å². The average Bonchev–Trinajstić information content (AvgIpc) is 2.42. The molecule has 0 saturated heterocycles. The van der Waals surface area contributed by atoms with Gasteiger partial charge in [-0.05, 0) is 5.92 Å². The third-order valence-electron chi connectivity index (χ3n) is 1.34. The van der Waals surface area contributed by atoms with Gasteiger partial charge in [0, 0.05) is 18.3 Å². The lowest BCUT2D eigenvalue weighted by molar-refractivity contribution is 0.872. The molecular formula is C9H17N. The number of nitrogens with zero attached hydrogens (tertiary/aromatic N) is 1. The van der Waals surface area contributed by atoms with Crippen LogP contribution in [-0.2, 0) is 0 Å². The first-order chi connectivity index (χ1) is 4.80. The molecule has 58 valence electrons. The average molecular weight is 139 g/mol. The van der Waals surface area contributed by atoms with E-state index in [-0.39, 0.29) is 0 Å². The zero-order chi connectivity index (χ0) is 7.98. The molecule has 0 aromatic rings. The van der Waals surface area contributed by atoms with Crippen molar-refractivity contribution < 1.29 is 0 Å². The molecule has 0 N–H and O–H groups in total. The van der Waals surface area contributed by atoms with Crippen molar-refractivity contribution in [2.45, 2.75) is 34.1 Å². The fourth-order valence-corrected chi connectivity index (χ4v) is 0.759. The van der Waals surface area contributed by atoms with E-state index in [1.165, 1.54) is 5.71 Å². The van der Waals surface area contributed by atoms with Crippen LogP contribution in [0.3, 0.4) is 0 Å². The Bertz CT molecular complexity index is 132. The van der Waals surface area contributed by atoms with E-state index in [0.717, 1.165) is 6.42 Å². The maximum Gasteiger partial charge on any atom is 0.0242 e. The van der Waals surface area contributed by atoms with Crippen LogP contribution in [0.15, 0.2) is 17.3 Å². The van der Waals surface area contributed by atoms with Crippen molar-refractivity contribution in [3.8, 4) is 0 Å². The van der Waals surface area contributed by atoms with Crippen LogP contribution >= 0.6 is 0 Å². The molecule has 0 radical (unpaired) electrons. The molecule has 0 unspecified atom stereocenters. The van der Waals surface area contributed by atoms with E-state index in [2.05, 4.69) is 24.9 Å². The van der Waals surface area contributed by atoms with Gasteiger partial charge in [0.25, 0.3) is 0 Å². The normalized spacial score (nSPS) is 14.7. The van der Waals surface area contributed by atoms with Crippen LogP contribution in [0.2, 0.25) is 0 Å². The van der Waals surface area contributed by atoms with Crippen LogP contribution in [0, 0.1) is 5.92 Å². The fourth-order valence-electron chi connectivity index (χ4n) is 0.759.